The van der Waals surface area contributed by atoms with E-state index in [1.54, 1.807) is 0 Å². The summed E-state index contributed by atoms with van der Waals surface area (Å²) in [5.74, 6) is -0.0148. The molecule has 0 aromatic heterocycles. The normalized spacial score (nSPS) is 16.7. The summed E-state index contributed by atoms with van der Waals surface area (Å²) in [5.41, 5.74) is -0.262. The highest BCUT2D eigenvalue weighted by atomic mass is 35.5. The zero-order valence-electron chi connectivity index (χ0n) is 14.9. The first-order chi connectivity index (χ1) is 12.2. The van der Waals surface area contributed by atoms with Crippen LogP contribution in [0.1, 0.15) is 19.3 Å². The van der Waals surface area contributed by atoms with Gasteiger partial charge in [0.05, 0.1) is 9.82 Å². The standard InChI is InChI=1S/C15H23N5O5S.ClH/c1-17-10-11-3-2-8-19(11)15(21)6-7-18-13-5-4-12(26(16,24)25)9-14(13)20(22)23;/h4-5,9,11,17-18H,2-3,6-8,10H2,1H3,(H2,16,24,25);1H. The molecule has 0 saturated carbocycles. The van der Waals surface area contributed by atoms with Crippen LogP contribution >= 0.6 is 12.4 Å². The molecule has 10 nitrogen and oxygen atoms in total. The number of likely N-dealkylation sites (tertiary alicyclic amines) is 1. The molecule has 1 heterocycles. The summed E-state index contributed by atoms with van der Waals surface area (Å²) in [7, 11) is -2.19. The van der Waals surface area contributed by atoms with E-state index in [4.69, 9.17) is 5.14 Å². The number of nitro groups is 1. The first kappa shape index (κ1) is 23.1. The van der Waals surface area contributed by atoms with Gasteiger partial charge in [-0.3, -0.25) is 14.9 Å². The van der Waals surface area contributed by atoms with Gasteiger partial charge in [-0.15, -0.1) is 12.4 Å². The molecule has 1 amide bonds. The van der Waals surface area contributed by atoms with Gasteiger partial charge in [-0.2, -0.15) is 0 Å². The van der Waals surface area contributed by atoms with Crippen LogP contribution in [0.2, 0.25) is 0 Å². The molecule has 1 saturated heterocycles. The Bertz CT molecular complexity index is 789. The summed E-state index contributed by atoms with van der Waals surface area (Å²) in [4.78, 5) is 24.3. The lowest BCUT2D eigenvalue weighted by molar-refractivity contribution is -0.384. The Labute approximate surface area is 164 Å². The molecular formula is C15H24ClN5O5S. The van der Waals surface area contributed by atoms with E-state index in [-0.39, 0.29) is 47.9 Å². The van der Waals surface area contributed by atoms with E-state index >= 15 is 0 Å². The third kappa shape index (κ3) is 6.03. The summed E-state index contributed by atoms with van der Waals surface area (Å²) in [6.07, 6.45) is 2.11. The number of hydrogen-bond acceptors (Lipinski definition) is 7. The van der Waals surface area contributed by atoms with Gasteiger partial charge < -0.3 is 15.5 Å². The fourth-order valence-corrected chi connectivity index (χ4v) is 3.58. The van der Waals surface area contributed by atoms with Crippen LogP contribution < -0.4 is 15.8 Å². The molecule has 152 valence electrons. The Kier molecular flexibility index (Phi) is 8.41. The van der Waals surface area contributed by atoms with Crippen molar-refractivity contribution in [3.8, 4) is 0 Å². The van der Waals surface area contributed by atoms with Crippen molar-refractivity contribution < 1.29 is 18.1 Å². The molecular weight excluding hydrogens is 398 g/mol. The van der Waals surface area contributed by atoms with Crippen LogP contribution in [0.3, 0.4) is 0 Å². The molecule has 12 heteroatoms. The number of nitrogens with two attached hydrogens (primary N) is 1. The number of rotatable bonds is 8. The molecule has 1 atom stereocenters. The molecule has 1 aromatic carbocycles. The average molecular weight is 422 g/mol. The second-order valence-corrected chi connectivity index (χ2v) is 7.66. The summed E-state index contributed by atoms with van der Waals surface area (Å²) >= 11 is 0. The van der Waals surface area contributed by atoms with E-state index in [1.165, 1.54) is 12.1 Å². The molecule has 1 aromatic rings. The topological polar surface area (TPSA) is 148 Å². The second kappa shape index (κ2) is 9.83. The number of amides is 1. The number of hydrogen-bond donors (Lipinski definition) is 3. The number of benzene rings is 1. The second-order valence-electron chi connectivity index (χ2n) is 6.10. The van der Waals surface area contributed by atoms with E-state index in [0.717, 1.165) is 25.5 Å². The van der Waals surface area contributed by atoms with E-state index in [9.17, 15) is 23.3 Å². The van der Waals surface area contributed by atoms with Crippen LogP contribution in [0, 0.1) is 10.1 Å². The maximum absolute atomic E-state index is 12.4. The highest BCUT2D eigenvalue weighted by Gasteiger charge is 2.27. The van der Waals surface area contributed by atoms with Gasteiger partial charge >= 0.3 is 0 Å². The summed E-state index contributed by atoms with van der Waals surface area (Å²) in [6.45, 7) is 1.66. The van der Waals surface area contributed by atoms with Crippen molar-refractivity contribution in [3.63, 3.8) is 0 Å². The van der Waals surface area contributed by atoms with Crippen molar-refractivity contribution in [3.05, 3.63) is 28.3 Å². The molecule has 2 rings (SSSR count). The van der Waals surface area contributed by atoms with Gasteiger partial charge in [-0.25, -0.2) is 13.6 Å². The lowest BCUT2D eigenvalue weighted by Crippen LogP contribution is -2.41. The number of nitrogens with zero attached hydrogens (tertiary/aromatic N) is 2. The van der Waals surface area contributed by atoms with Crippen LogP contribution in [-0.2, 0) is 14.8 Å². The van der Waals surface area contributed by atoms with Crippen molar-refractivity contribution in [1.29, 1.82) is 0 Å². The minimum absolute atomic E-state index is 0. The van der Waals surface area contributed by atoms with Crippen molar-refractivity contribution >= 4 is 39.7 Å². The first-order valence-corrected chi connectivity index (χ1v) is 9.78. The SMILES string of the molecule is CNCC1CCCN1C(=O)CCNc1ccc(S(N)(=O)=O)cc1[N+](=O)[O-].Cl. The molecule has 0 bridgehead atoms. The van der Waals surface area contributed by atoms with Crippen LogP contribution in [-0.4, -0.2) is 56.9 Å². The molecule has 1 aliphatic rings. The van der Waals surface area contributed by atoms with Gasteiger partial charge in [-0.1, -0.05) is 0 Å². The van der Waals surface area contributed by atoms with Crippen molar-refractivity contribution in [1.82, 2.24) is 10.2 Å². The lowest BCUT2D eigenvalue weighted by Gasteiger charge is -2.24. The Hall–Kier alpha value is -1.95. The Balaban J connectivity index is 0.00000364. The Morgan fingerprint density at radius 1 is 1.44 bits per heavy atom. The van der Waals surface area contributed by atoms with Gasteiger partial charge in [0.25, 0.3) is 5.69 Å². The summed E-state index contributed by atoms with van der Waals surface area (Å²) < 4.78 is 22.7. The van der Waals surface area contributed by atoms with E-state index in [2.05, 4.69) is 10.6 Å². The van der Waals surface area contributed by atoms with Crippen molar-refractivity contribution in [2.24, 2.45) is 5.14 Å². The van der Waals surface area contributed by atoms with Crippen LogP contribution in [0.25, 0.3) is 0 Å². The summed E-state index contributed by atoms with van der Waals surface area (Å²) in [6, 6.07) is 3.55. The number of carbonyl (C=O) groups excluding carboxylic acids is 1. The van der Waals surface area contributed by atoms with Crippen LogP contribution in [0.4, 0.5) is 11.4 Å². The average Bonchev–Trinajstić information content (AvgIpc) is 3.02. The van der Waals surface area contributed by atoms with Gasteiger partial charge in [-0.05, 0) is 32.0 Å². The first-order valence-electron chi connectivity index (χ1n) is 8.23. The van der Waals surface area contributed by atoms with Gasteiger partial charge in [0, 0.05) is 38.2 Å². The van der Waals surface area contributed by atoms with Gasteiger partial charge in [0.2, 0.25) is 15.9 Å². The third-order valence-electron chi connectivity index (χ3n) is 4.29. The van der Waals surface area contributed by atoms with Crippen molar-refractivity contribution in [2.75, 3.05) is 32.0 Å². The fraction of sp³-hybridized carbons (Fsp3) is 0.533. The predicted molar refractivity (Wildman–Crippen MR) is 103 cm³/mol. The fourth-order valence-electron chi connectivity index (χ4n) is 3.05. The summed E-state index contributed by atoms with van der Waals surface area (Å²) in [5, 5.41) is 22.1. The number of likely N-dealkylation sites (N-methyl/N-ethyl adjacent to an activating group) is 1. The molecule has 0 spiro atoms. The Morgan fingerprint density at radius 3 is 2.74 bits per heavy atom. The number of anilines is 1. The molecule has 1 aliphatic heterocycles. The van der Waals surface area contributed by atoms with E-state index < -0.39 is 20.6 Å². The van der Waals surface area contributed by atoms with Gasteiger partial charge in [0.15, 0.2) is 0 Å². The molecule has 4 N–H and O–H groups in total. The highest BCUT2D eigenvalue weighted by molar-refractivity contribution is 7.89. The Morgan fingerprint density at radius 2 is 2.15 bits per heavy atom. The largest absolute Gasteiger partial charge is 0.379 e. The minimum atomic E-state index is -4.03. The van der Waals surface area contributed by atoms with Gasteiger partial charge in [0.1, 0.15) is 5.69 Å². The highest BCUT2D eigenvalue weighted by Crippen LogP contribution is 2.27. The molecule has 1 unspecified atom stereocenters. The minimum Gasteiger partial charge on any atom is -0.379 e. The van der Waals surface area contributed by atoms with E-state index in [0.29, 0.717) is 6.54 Å². The van der Waals surface area contributed by atoms with Crippen LogP contribution in [0.15, 0.2) is 23.1 Å². The maximum Gasteiger partial charge on any atom is 0.293 e. The quantitative estimate of drug-likeness (QED) is 0.412. The third-order valence-corrected chi connectivity index (χ3v) is 5.20. The smallest absolute Gasteiger partial charge is 0.293 e. The molecule has 0 aliphatic carbocycles. The number of primary sulfonamides is 1. The van der Waals surface area contributed by atoms with Crippen LogP contribution in [0.5, 0.6) is 0 Å². The van der Waals surface area contributed by atoms with E-state index in [1.807, 2.05) is 11.9 Å². The predicted octanol–water partition coefficient (Wildman–Crippen LogP) is 0.676. The number of sulfonamides is 1. The zero-order valence-corrected chi connectivity index (χ0v) is 16.5. The molecule has 27 heavy (non-hydrogen) atoms. The molecule has 1 fully saturated rings. The zero-order chi connectivity index (χ0) is 19.3. The number of halogens is 1. The lowest BCUT2D eigenvalue weighted by atomic mass is 10.2. The number of nitrogens with one attached hydrogen (secondary N) is 2. The monoisotopic (exact) mass is 421 g/mol. The number of nitro benzene ring substituents is 1. The maximum atomic E-state index is 12.4. The molecule has 0 radical (unpaired) electrons. The number of carbonyl (C=O) groups is 1. The van der Waals surface area contributed by atoms with Crippen molar-refractivity contribution in [2.45, 2.75) is 30.2 Å².